The second kappa shape index (κ2) is 5.55. The molecule has 0 bridgehead atoms. The van der Waals surface area contributed by atoms with Gasteiger partial charge in [-0.3, -0.25) is 15.8 Å². The maximum absolute atomic E-state index is 14.0. The number of hydrogen-bond donors (Lipinski definition) is 2. The van der Waals surface area contributed by atoms with Crippen LogP contribution < -0.4 is 11.3 Å². The highest BCUT2D eigenvalue weighted by atomic mass is 19.1. The van der Waals surface area contributed by atoms with Gasteiger partial charge in [0, 0.05) is 22.8 Å². The van der Waals surface area contributed by atoms with E-state index in [0.29, 0.717) is 5.56 Å². The molecule has 1 atom stereocenters. The van der Waals surface area contributed by atoms with E-state index in [1.54, 1.807) is 12.3 Å². The number of para-hydroxylation sites is 1. The van der Waals surface area contributed by atoms with Crippen molar-refractivity contribution in [1.29, 1.82) is 0 Å². The van der Waals surface area contributed by atoms with Gasteiger partial charge in [0.05, 0.1) is 17.8 Å². The summed E-state index contributed by atoms with van der Waals surface area (Å²) in [4.78, 5) is 8.27. The Kier molecular flexibility index (Phi) is 3.60. The molecule has 1 unspecified atom stereocenters. The maximum Gasteiger partial charge on any atom is 0.146 e. The molecule has 3 aromatic rings. The van der Waals surface area contributed by atoms with Gasteiger partial charge in [0.25, 0.3) is 0 Å². The Bertz CT molecular complexity index is 788. The summed E-state index contributed by atoms with van der Waals surface area (Å²) in [5, 5.41) is 0.947. The van der Waals surface area contributed by atoms with E-state index >= 15 is 0 Å². The van der Waals surface area contributed by atoms with E-state index in [1.807, 2.05) is 37.3 Å². The van der Waals surface area contributed by atoms with Crippen molar-refractivity contribution in [1.82, 2.24) is 15.4 Å². The van der Waals surface area contributed by atoms with Gasteiger partial charge in [-0.15, -0.1) is 0 Å². The lowest BCUT2D eigenvalue weighted by Crippen LogP contribution is -2.30. The molecule has 0 aliphatic carbocycles. The molecule has 4 nitrogen and oxygen atoms in total. The van der Waals surface area contributed by atoms with Crippen LogP contribution in [0.5, 0.6) is 0 Å². The van der Waals surface area contributed by atoms with E-state index in [0.717, 1.165) is 22.2 Å². The Morgan fingerprint density at radius 2 is 2.00 bits per heavy atom. The number of rotatable bonds is 3. The third-order valence-electron chi connectivity index (χ3n) is 3.47. The van der Waals surface area contributed by atoms with E-state index < -0.39 is 6.04 Å². The monoisotopic (exact) mass is 282 g/mol. The number of nitrogens with two attached hydrogens (primary N) is 1. The summed E-state index contributed by atoms with van der Waals surface area (Å²) in [5.41, 5.74) is 5.78. The van der Waals surface area contributed by atoms with Gasteiger partial charge in [-0.2, -0.15) is 0 Å². The number of halogens is 1. The van der Waals surface area contributed by atoms with Gasteiger partial charge in [0.2, 0.25) is 0 Å². The Morgan fingerprint density at radius 3 is 2.76 bits per heavy atom. The van der Waals surface area contributed by atoms with Crippen molar-refractivity contribution in [2.75, 3.05) is 0 Å². The largest absolute Gasteiger partial charge is 0.271 e. The number of hydrazine groups is 1. The average molecular weight is 282 g/mol. The number of nitrogens with one attached hydrogen (secondary N) is 1. The van der Waals surface area contributed by atoms with Crippen LogP contribution in [0.15, 0.2) is 48.8 Å². The number of nitrogens with zero attached hydrogens (tertiary/aromatic N) is 2. The first kappa shape index (κ1) is 13.6. The summed E-state index contributed by atoms with van der Waals surface area (Å²) in [5.74, 6) is 5.30. The van der Waals surface area contributed by atoms with E-state index in [-0.39, 0.29) is 5.82 Å². The van der Waals surface area contributed by atoms with Crippen molar-refractivity contribution in [3.05, 3.63) is 71.4 Å². The SMILES string of the molecule is Cc1cc(C(NN)c2ccncc2F)c2ccccc2n1. The zero-order valence-corrected chi connectivity index (χ0v) is 11.5. The second-order valence-electron chi connectivity index (χ2n) is 4.87. The predicted molar refractivity (Wildman–Crippen MR) is 79.8 cm³/mol. The molecule has 0 saturated heterocycles. The normalized spacial score (nSPS) is 12.5. The Morgan fingerprint density at radius 1 is 1.19 bits per heavy atom. The predicted octanol–water partition coefficient (Wildman–Crippen LogP) is 2.63. The van der Waals surface area contributed by atoms with Gasteiger partial charge in [0.1, 0.15) is 5.82 Å². The number of pyridine rings is 2. The first-order valence-electron chi connectivity index (χ1n) is 6.62. The lowest BCUT2D eigenvalue weighted by molar-refractivity contribution is 0.557. The van der Waals surface area contributed by atoms with Gasteiger partial charge < -0.3 is 0 Å². The number of aryl methyl sites for hydroxylation is 1. The van der Waals surface area contributed by atoms with Gasteiger partial charge >= 0.3 is 0 Å². The molecule has 0 fully saturated rings. The molecule has 5 heteroatoms. The maximum atomic E-state index is 14.0. The minimum Gasteiger partial charge on any atom is -0.271 e. The summed E-state index contributed by atoms with van der Waals surface area (Å²) >= 11 is 0. The fourth-order valence-corrected chi connectivity index (χ4v) is 2.55. The molecule has 2 heterocycles. The van der Waals surface area contributed by atoms with Crippen LogP contribution in [0.3, 0.4) is 0 Å². The third kappa shape index (κ3) is 2.49. The Hall–Kier alpha value is -2.37. The van der Waals surface area contributed by atoms with Crippen molar-refractivity contribution in [3.8, 4) is 0 Å². The molecule has 21 heavy (non-hydrogen) atoms. The topological polar surface area (TPSA) is 63.8 Å². The van der Waals surface area contributed by atoms with Crippen LogP contribution in [0.4, 0.5) is 4.39 Å². The molecular weight excluding hydrogens is 267 g/mol. The van der Waals surface area contributed by atoms with Crippen molar-refractivity contribution in [2.24, 2.45) is 5.84 Å². The molecule has 3 N–H and O–H groups in total. The van der Waals surface area contributed by atoms with Gasteiger partial charge in [-0.1, -0.05) is 18.2 Å². The lowest BCUT2D eigenvalue weighted by atomic mass is 9.96. The summed E-state index contributed by atoms with van der Waals surface area (Å²) in [7, 11) is 0. The van der Waals surface area contributed by atoms with Gasteiger partial charge in [-0.05, 0) is 30.7 Å². The first-order valence-corrected chi connectivity index (χ1v) is 6.62. The van der Waals surface area contributed by atoms with Crippen molar-refractivity contribution >= 4 is 10.9 Å². The number of benzene rings is 1. The number of fused-ring (bicyclic) bond motifs is 1. The molecule has 0 aliphatic rings. The standard InChI is InChI=1S/C16H15FN4/c1-10-8-13(11-4-2-3-5-15(11)20-10)16(21-18)12-6-7-19-9-14(12)17/h2-9,16,21H,18H2,1H3. The molecule has 3 rings (SSSR count). The quantitative estimate of drug-likeness (QED) is 0.572. The summed E-state index contributed by atoms with van der Waals surface area (Å²) in [6.07, 6.45) is 2.74. The molecule has 2 aromatic heterocycles. The number of hydrogen-bond acceptors (Lipinski definition) is 4. The fraction of sp³-hybridized carbons (Fsp3) is 0.125. The molecular formula is C16H15FN4. The summed E-state index contributed by atoms with van der Waals surface area (Å²) in [6.45, 7) is 1.91. The molecule has 106 valence electrons. The zero-order valence-electron chi connectivity index (χ0n) is 11.5. The van der Waals surface area contributed by atoms with E-state index in [4.69, 9.17) is 5.84 Å². The minimum atomic E-state index is -0.459. The molecule has 0 amide bonds. The minimum absolute atomic E-state index is 0.390. The highest BCUT2D eigenvalue weighted by Gasteiger charge is 2.19. The van der Waals surface area contributed by atoms with E-state index in [2.05, 4.69) is 15.4 Å². The van der Waals surface area contributed by atoms with Crippen molar-refractivity contribution in [2.45, 2.75) is 13.0 Å². The average Bonchev–Trinajstić information content (AvgIpc) is 2.49. The van der Waals surface area contributed by atoms with Gasteiger partial charge in [-0.25, -0.2) is 9.82 Å². The summed E-state index contributed by atoms with van der Waals surface area (Å²) < 4.78 is 14.0. The molecule has 0 spiro atoms. The van der Waals surface area contributed by atoms with Gasteiger partial charge in [0.15, 0.2) is 0 Å². The van der Waals surface area contributed by atoms with Crippen molar-refractivity contribution < 1.29 is 4.39 Å². The lowest BCUT2D eigenvalue weighted by Gasteiger charge is -2.19. The van der Waals surface area contributed by atoms with Crippen molar-refractivity contribution in [3.63, 3.8) is 0 Å². The van der Waals surface area contributed by atoms with Crippen LogP contribution in [0, 0.1) is 12.7 Å². The highest BCUT2D eigenvalue weighted by molar-refractivity contribution is 5.83. The van der Waals surface area contributed by atoms with Crippen LogP contribution >= 0.6 is 0 Å². The first-order chi connectivity index (χ1) is 10.2. The van der Waals surface area contributed by atoms with Crippen LogP contribution in [0.2, 0.25) is 0 Å². The van der Waals surface area contributed by atoms with Crippen LogP contribution in [0.25, 0.3) is 10.9 Å². The van der Waals surface area contributed by atoms with Crippen LogP contribution in [0.1, 0.15) is 22.9 Å². The summed E-state index contributed by atoms with van der Waals surface area (Å²) in [6, 6.07) is 10.8. The third-order valence-corrected chi connectivity index (χ3v) is 3.47. The van der Waals surface area contributed by atoms with Crippen LogP contribution in [-0.2, 0) is 0 Å². The fourth-order valence-electron chi connectivity index (χ4n) is 2.55. The Labute approximate surface area is 121 Å². The molecule has 0 saturated carbocycles. The van der Waals surface area contributed by atoms with Crippen LogP contribution in [-0.4, -0.2) is 9.97 Å². The molecule has 1 aromatic carbocycles. The second-order valence-corrected chi connectivity index (χ2v) is 4.87. The van der Waals surface area contributed by atoms with E-state index in [9.17, 15) is 4.39 Å². The molecule has 0 aliphatic heterocycles. The smallest absolute Gasteiger partial charge is 0.146 e. The molecule has 0 radical (unpaired) electrons. The zero-order chi connectivity index (χ0) is 14.8. The highest BCUT2D eigenvalue weighted by Crippen LogP contribution is 2.29. The number of aromatic nitrogens is 2. The Balaban J connectivity index is 2.24. The van der Waals surface area contributed by atoms with E-state index in [1.165, 1.54) is 6.20 Å².